The molecule has 138 valence electrons. The number of aromatic nitrogens is 3. The molecule has 0 atom stereocenters. The van der Waals surface area contributed by atoms with Gasteiger partial charge in [0, 0.05) is 17.7 Å². The predicted molar refractivity (Wildman–Crippen MR) is 97.4 cm³/mol. The number of aryl methyl sites for hydroxylation is 1. The van der Waals surface area contributed by atoms with Crippen molar-refractivity contribution in [2.75, 3.05) is 5.32 Å². The quantitative estimate of drug-likeness (QED) is 0.700. The van der Waals surface area contributed by atoms with E-state index in [-0.39, 0.29) is 36.7 Å². The molecule has 1 heterocycles. The van der Waals surface area contributed by atoms with E-state index in [4.69, 9.17) is 0 Å². The Morgan fingerprint density at radius 2 is 1.85 bits per heavy atom. The third-order valence-electron chi connectivity index (χ3n) is 3.82. The van der Waals surface area contributed by atoms with Crippen LogP contribution in [-0.2, 0) is 17.9 Å². The van der Waals surface area contributed by atoms with Gasteiger partial charge in [-0.15, -0.1) is 5.10 Å². The highest BCUT2D eigenvalue weighted by Crippen LogP contribution is 2.07. The number of carbonyl (C=O) groups excluding carboxylic acids is 2. The van der Waals surface area contributed by atoms with Crippen LogP contribution >= 0.6 is 0 Å². The van der Waals surface area contributed by atoms with E-state index < -0.39 is 0 Å². The van der Waals surface area contributed by atoms with Crippen molar-refractivity contribution in [1.29, 1.82) is 0 Å². The summed E-state index contributed by atoms with van der Waals surface area (Å²) in [6.45, 7) is 1.92. The molecule has 0 fully saturated rings. The maximum Gasteiger partial charge on any atom is 0.258 e. The van der Waals surface area contributed by atoms with Gasteiger partial charge in [0.1, 0.15) is 18.7 Å². The molecule has 7 nitrogen and oxygen atoms in total. The van der Waals surface area contributed by atoms with E-state index in [1.165, 1.54) is 17.1 Å². The summed E-state index contributed by atoms with van der Waals surface area (Å²) >= 11 is 0. The Morgan fingerprint density at radius 3 is 2.59 bits per heavy atom. The molecule has 1 aromatic heterocycles. The molecule has 0 aliphatic carbocycles. The van der Waals surface area contributed by atoms with E-state index in [2.05, 4.69) is 20.7 Å². The number of rotatable bonds is 6. The average molecular weight is 367 g/mol. The predicted octanol–water partition coefficient (Wildman–Crippen LogP) is 2.29. The smallest absolute Gasteiger partial charge is 0.258 e. The van der Waals surface area contributed by atoms with Crippen molar-refractivity contribution in [1.82, 2.24) is 20.1 Å². The summed E-state index contributed by atoms with van der Waals surface area (Å²) in [5.74, 6) is -0.960. The van der Waals surface area contributed by atoms with Gasteiger partial charge in [-0.05, 0) is 25.1 Å². The van der Waals surface area contributed by atoms with E-state index in [1.807, 2.05) is 19.1 Å². The van der Waals surface area contributed by atoms with Crippen molar-refractivity contribution in [3.63, 3.8) is 0 Å². The molecule has 2 amide bonds. The first kappa shape index (κ1) is 18.2. The van der Waals surface area contributed by atoms with Gasteiger partial charge in [-0.2, -0.15) is 0 Å². The van der Waals surface area contributed by atoms with Crippen LogP contribution in [0.15, 0.2) is 54.9 Å². The Balaban J connectivity index is 1.53. The average Bonchev–Trinajstić information content (AvgIpc) is 3.08. The molecule has 3 rings (SSSR count). The lowest BCUT2D eigenvalue weighted by Crippen LogP contribution is -2.27. The van der Waals surface area contributed by atoms with Crippen LogP contribution in [0.5, 0.6) is 0 Å². The number of hydrogen-bond donors (Lipinski definition) is 2. The van der Waals surface area contributed by atoms with Gasteiger partial charge in [-0.3, -0.25) is 14.9 Å². The maximum atomic E-state index is 13.5. The second kappa shape index (κ2) is 8.22. The van der Waals surface area contributed by atoms with Crippen LogP contribution in [0.4, 0.5) is 10.3 Å². The maximum absolute atomic E-state index is 13.5. The summed E-state index contributed by atoms with van der Waals surface area (Å²) in [5.41, 5.74) is 1.94. The fourth-order valence-electron chi connectivity index (χ4n) is 2.35. The molecule has 0 saturated carbocycles. The van der Waals surface area contributed by atoms with Gasteiger partial charge < -0.3 is 5.32 Å². The van der Waals surface area contributed by atoms with Crippen molar-refractivity contribution in [2.45, 2.75) is 20.0 Å². The van der Waals surface area contributed by atoms with Gasteiger partial charge in [-0.1, -0.05) is 35.9 Å². The lowest BCUT2D eigenvalue weighted by molar-refractivity contribution is -0.122. The summed E-state index contributed by atoms with van der Waals surface area (Å²) in [5, 5.41) is 9.23. The molecule has 0 spiro atoms. The molecule has 3 aromatic rings. The minimum absolute atomic E-state index is 0.0806. The van der Waals surface area contributed by atoms with Crippen LogP contribution in [0.2, 0.25) is 0 Å². The van der Waals surface area contributed by atoms with Crippen molar-refractivity contribution in [3.05, 3.63) is 77.4 Å². The Bertz CT molecular complexity index is 953. The number of amides is 2. The lowest BCUT2D eigenvalue weighted by atomic mass is 10.1. The first-order valence-corrected chi connectivity index (χ1v) is 8.29. The van der Waals surface area contributed by atoms with Crippen LogP contribution in [0, 0.1) is 12.7 Å². The minimum Gasteiger partial charge on any atom is -0.350 e. The van der Waals surface area contributed by atoms with E-state index >= 15 is 0 Å². The largest absolute Gasteiger partial charge is 0.350 e. The van der Waals surface area contributed by atoms with Crippen LogP contribution in [0.25, 0.3) is 0 Å². The first-order valence-electron chi connectivity index (χ1n) is 8.29. The Hall–Kier alpha value is -3.55. The number of nitrogens with zero attached hydrogens (tertiary/aromatic N) is 3. The monoisotopic (exact) mass is 367 g/mol. The summed E-state index contributed by atoms with van der Waals surface area (Å²) in [4.78, 5) is 28.1. The molecular weight excluding hydrogens is 349 g/mol. The van der Waals surface area contributed by atoms with Crippen LogP contribution in [-0.4, -0.2) is 26.6 Å². The zero-order chi connectivity index (χ0) is 19.2. The molecule has 2 aromatic carbocycles. The molecule has 0 aliphatic heterocycles. The number of carbonyl (C=O) groups is 2. The fourth-order valence-corrected chi connectivity index (χ4v) is 2.35. The molecule has 8 heteroatoms. The number of halogens is 1. The molecule has 0 bridgehead atoms. The van der Waals surface area contributed by atoms with Crippen molar-refractivity contribution in [3.8, 4) is 0 Å². The normalized spacial score (nSPS) is 10.4. The summed E-state index contributed by atoms with van der Waals surface area (Å²) in [7, 11) is 0. The van der Waals surface area contributed by atoms with Gasteiger partial charge in [0.25, 0.3) is 5.91 Å². The number of benzene rings is 2. The highest BCUT2D eigenvalue weighted by atomic mass is 19.1. The van der Waals surface area contributed by atoms with Crippen molar-refractivity contribution >= 4 is 17.8 Å². The van der Waals surface area contributed by atoms with Crippen LogP contribution < -0.4 is 10.6 Å². The summed E-state index contributed by atoms with van der Waals surface area (Å²) in [6, 6.07) is 13.3. The van der Waals surface area contributed by atoms with Gasteiger partial charge in [0.15, 0.2) is 0 Å². The molecule has 0 aliphatic rings. The van der Waals surface area contributed by atoms with Crippen molar-refractivity contribution in [2.24, 2.45) is 0 Å². The molecule has 0 unspecified atom stereocenters. The fraction of sp³-hybridized carbons (Fsp3) is 0.158. The van der Waals surface area contributed by atoms with E-state index in [1.54, 1.807) is 30.3 Å². The zero-order valence-corrected chi connectivity index (χ0v) is 14.6. The molecule has 2 N–H and O–H groups in total. The molecule has 0 radical (unpaired) electrons. The van der Waals surface area contributed by atoms with Crippen LogP contribution in [0.1, 0.15) is 21.5 Å². The minimum atomic E-state index is -0.375. The second-order valence-electron chi connectivity index (χ2n) is 5.95. The number of anilines is 1. The highest BCUT2D eigenvalue weighted by Gasteiger charge is 2.11. The third-order valence-corrected chi connectivity index (χ3v) is 3.82. The zero-order valence-electron chi connectivity index (χ0n) is 14.6. The Labute approximate surface area is 155 Å². The van der Waals surface area contributed by atoms with Crippen LogP contribution in [0.3, 0.4) is 0 Å². The Morgan fingerprint density at radius 1 is 1.11 bits per heavy atom. The summed E-state index contributed by atoms with van der Waals surface area (Å²) < 4.78 is 14.8. The van der Waals surface area contributed by atoms with E-state index in [0.717, 1.165) is 5.56 Å². The Kier molecular flexibility index (Phi) is 5.55. The topological polar surface area (TPSA) is 88.9 Å². The highest BCUT2D eigenvalue weighted by molar-refractivity contribution is 6.03. The van der Waals surface area contributed by atoms with Gasteiger partial charge in [0.05, 0.1) is 0 Å². The molecular formula is C19H18FN5O2. The second-order valence-corrected chi connectivity index (χ2v) is 5.95. The standard InChI is InChI=1S/C19H18FN5O2/c1-13-6-8-14(9-7-13)18(27)23-19-22-12-25(24-19)11-17(26)21-10-15-4-2-3-5-16(15)20/h2-9,12H,10-11H2,1H3,(H,21,26)(H,23,24,27). The molecule has 0 saturated heterocycles. The number of hydrogen-bond acceptors (Lipinski definition) is 4. The third kappa shape index (κ3) is 4.97. The molecule has 27 heavy (non-hydrogen) atoms. The SMILES string of the molecule is Cc1ccc(C(=O)Nc2ncn(CC(=O)NCc3ccccc3F)n2)cc1. The van der Waals surface area contributed by atoms with Crippen molar-refractivity contribution < 1.29 is 14.0 Å². The number of nitrogens with one attached hydrogen (secondary N) is 2. The van der Waals surface area contributed by atoms with Gasteiger partial charge >= 0.3 is 0 Å². The van der Waals surface area contributed by atoms with E-state index in [0.29, 0.717) is 11.1 Å². The lowest BCUT2D eigenvalue weighted by Gasteiger charge is -2.06. The first-order chi connectivity index (χ1) is 13.0. The van der Waals surface area contributed by atoms with Gasteiger partial charge in [0.2, 0.25) is 11.9 Å². The van der Waals surface area contributed by atoms with E-state index in [9.17, 15) is 14.0 Å². The summed E-state index contributed by atoms with van der Waals surface area (Å²) in [6.07, 6.45) is 1.34. The van der Waals surface area contributed by atoms with Gasteiger partial charge in [-0.25, -0.2) is 14.1 Å².